The highest BCUT2D eigenvalue weighted by atomic mass is 19.3. The molecular formula is C12H22F2N2O2. The zero-order valence-corrected chi connectivity index (χ0v) is 10.6. The van der Waals surface area contributed by atoms with Gasteiger partial charge in [-0.25, -0.2) is 8.78 Å². The first-order valence-corrected chi connectivity index (χ1v) is 6.53. The van der Waals surface area contributed by atoms with Gasteiger partial charge in [-0.1, -0.05) is 6.42 Å². The molecule has 0 saturated carbocycles. The van der Waals surface area contributed by atoms with E-state index in [4.69, 9.17) is 5.11 Å². The summed E-state index contributed by atoms with van der Waals surface area (Å²) in [4.78, 5) is 12.8. The van der Waals surface area contributed by atoms with E-state index in [2.05, 4.69) is 5.32 Å². The maximum Gasteiger partial charge on any atom is 0.255 e. The fourth-order valence-corrected chi connectivity index (χ4v) is 2.23. The molecule has 1 heterocycles. The van der Waals surface area contributed by atoms with Crippen LogP contribution in [0.3, 0.4) is 0 Å². The number of carbonyl (C=O) groups is 1. The van der Waals surface area contributed by atoms with Crippen LogP contribution in [0.5, 0.6) is 0 Å². The van der Waals surface area contributed by atoms with E-state index in [-0.39, 0.29) is 25.5 Å². The third kappa shape index (κ3) is 5.73. The van der Waals surface area contributed by atoms with Crippen molar-refractivity contribution in [1.29, 1.82) is 0 Å². The Morgan fingerprint density at radius 1 is 1.44 bits per heavy atom. The molecule has 0 spiro atoms. The Labute approximate surface area is 106 Å². The predicted molar refractivity (Wildman–Crippen MR) is 64.5 cm³/mol. The molecular weight excluding hydrogens is 242 g/mol. The first-order valence-electron chi connectivity index (χ1n) is 6.53. The number of piperidine rings is 1. The summed E-state index contributed by atoms with van der Waals surface area (Å²) < 4.78 is 24.6. The second kappa shape index (κ2) is 8.37. The Kier molecular flexibility index (Phi) is 7.12. The number of amides is 1. The van der Waals surface area contributed by atoms with Crippen LogP contribution in [0.4, 0.5) is 8.78 Å². The number of halogens is 2. The lowest BCUT2D eigenvalue weighted by Gasteiger charge is -2.25. The van der Waals surface area contributed by atoms with Crippen LogP contribution in [-0.4, -0.2) is 54.6 Å². The van der Waals surface area contributed by atoms with E-state index in [0.717, 1.165) is 30.7 Å². The Hall–Kier alpha value is -0.750. The molecule has 1 saturated heterocycles. The van der Waals surface area contributed by atoms with Crippen LogP contribution in [-0.2, 0) is 4.79 Å². The van der Waals surface area contributed by atoms with Gasteiger partial charge in [-0.2, -0.15) is 0 Å². The van der Waals surface area contributed by atoms with E-state index in [0.29, 0.717) is 12.5 Å². The van der Waals surface area contributed by atoms with E-state index >= 15 is 0 Å². The molecule has 1 unspecified atom stereocenters. The van der Waals surface area contributed by atoms with Gasteiger partial charge < -0.3 is 15.3 Å². The van der Waals surface area contributed by atoms with Crippen LogP contribution in [0.15, 0.2) is 0 Å². The lowest BCUT2D eigenvalue weighted by atomic mass is 10.0. The molecule has 0 aromatic rings. The van der Waals surface area contributed by atoms with E-state index in [9.17, 15) is 13.6 Å². The summed E-state index contributed by atoms with van der Waals surface area (Å²) in [5.41, 5.74) is 0. The molecule has 4 nitrogen and oxygen atoms in total. The van der Waals surface area contributed by atoms with Gasteiger partial charge in [-0.3, -0.25) is 4.79 Å². The first-order chi connectivity index (χ1) is 8.63. The molecule has 1 aliphatic rings. The van der Waals surface area contributed by atoms with Crippen molar-refractivity contribution in [2.24, 2.45) is 0 Å². The van der Waals surface area contributed by atoms with Gasteiger partial charge in [0.05, 0.1) is 13.2 Å². The topological polar surface area (TPSA) is 52.6 Å². The van der Waals surface area contributed by atoms with E-state index in [1.54, 1.807) is 0 Å². The molecule has 0 aromatic carbocycles. The Morgan fingerprint density at radius 3 is 2.78 bits per heavy atom. The van der Waals surface area contributed by atoms with E-state index in [1.807, 2.05) is 0 Å². The average molecular weight is 264 g/mol. The summed E-state index contributed by atoms with van der Waals surface area (Å²) in [7, 11) is 0. The summed E-state index contributed by atoms with van der Waals surface area (Å²) in [6.07, 6.45) is 1.76. The van der Waals surface area contributed by atoms with Crippen molar-refractivity contribution in [2.75, 3.05) is 26.2 Å². The quantitative estimate of drug-likeness (QED) is 0.721. The average Bonchev–Trinajstić information content (AvgIpc) is 2.36. The molecule has 0 aromatic heterocycles. The Bertz CT molecular complexity index is 246. The van der Waals surface area contributed by atoms with Crippen molar-refractivity contribution in [3.8, 4) is 0 Å². The second-order valence-electron chi connectivity index (χ2n) is 4.64. The van der Waals surface area contributed by atoms with Crippen LogP contribution < -0.4 is 5.32 Å². The number of nitrogens with one attached hydrogen (secondary N) is 1. The van der Waals surface area contributed by atoms with Crippen molar-refractivity contribution in [3.05, 3.63) is 0 Å². The molecule has 6 heteroatoms. The van der Waals surface area contributed by atoms with Gasteiger partial charge >= 0.3 is 0 Å². The summed E-state index contributed by atoms with van der Waals surface area (Å²) in [6, 6.07) is 0.324. The van der Waals surface area contributed by atoms with Crippen molar-refractivity contribution in [2.45, 2.75) is 44.6 Å². The van der Waals surface area contributed by atoms with Crippen molar-refractivity contribution >= 4 is 5.91 Å². The van der Waals surface area contributed by atoms with Crippen LogP contribution in [0.1, 0.15) is 32.1 Å². The highest BCUT2D eigenvalue weighted by Crippen LogP contribution is 2.13. The van der Waals surface area contributed by atoms with Crippen LogP contribution in [0.2, 0.25) is 0 Å². The van der Waals surface area contributed by atoms with Gasteiger partial charge in [0.2, 0.25) is 5.91 Å². The number of nitrogens with zero attached hydrogens (tertiary/aromatic N) is 1. The zero-order chi connectivity index (χ0) is 13.4. The van der Waals surface area contributed by atoms with Gasteiger partial charge in [0.25, 0.3) is 6.43 Å². The summed E-state index contributed by atoms with van der Waals surface area (Å²) in [6.45, 7) is 0.0924. The fourth-order valence-electron chi connectivity index (χ4n) is 2.23. The molecule has 18 heavy (non-hydrogen) atoms. The zero-order valence-electron chi connectivity index (χ0n) is 10.6. The SMILES string of the molecule is O=C(CCC1CCCCN1)N(CCO)CC(F)F. The molecule has 2 N–H and O–H groups in total. The van der Waals surface area contributed by atoms with E-state index < -0.39 is 13.0 Å². The monoisotopic (exact) mass is 264 g/mol. The van der Waals surface area contributed by atoms with Crippen LogP contribution in [0, 0.1) is 0 Å². The van der Waals surface area contributed by atoms with Crippen molar-refractivity contribution in [1.82, 2.24) is 10.2 Å². The highest BCUT2D eigenvalue weighted by Gasteiger charge is 2.20. The number of aliphatic hydroxyl groups is 1. The Morgan fingerprint density at radius 2 is 2.22 bits per heavy atom. The number of alkyl halides is 2. The molecule has 0 radical (unpaired) electrons. The number of hydrogen-bond donors (Lipinski definition) is 2. The normalized spacial score (nSPS) is 20.1. The predicted octanol–water partition coefficient (Wildman–Crippen LogP) is 0.995. The van der Waals surface area contributed by atoms with Gasteiger partial charge in [0, 0.05) is 19.0 Å². The number of carbonyl (C=O) groups excluding carboxylic acids is 1. The largest absolute Gasteiger partial charge is 0.395 e. The fraction of sp³-hybridized carbons (Fsp3) is 0.917. The first kappa shape index (κ1) is 15.3. The molecule has 1 atom stereocenters. The molecule has 0 bridgehead atoms. The number of rotatable bonds is 7. The third-order valence-electron chi connectivity index (χ3n) is 3.20. The minimum atomic E-state index is -2.55. The lowest BCUT2D eigenvalue weighted by Crippen LogP contribution is -2.39. The number of aliphatic hydroxyl groups excluding tert-OH is 1. The van der Waals surface area contributed by atoms with Crippen molar-refractivity contribution in [3.63, 3.8) is 0 Å². The summed E-state index contributed by atoms with van der Waals surface area (Å²) >= 11 is 0. The van der Waals surface area contributed by atoms with E-state index in [1.165, 1.54) is 0 Å². The molecule has 0 aliphatic carbocycles. The van der Waals surface area contributed by atoms with Gasteiger partial charge in [0.1, 0.15) is 0 Å². The van der Waals surface area contributed by atoms with Crippen LogP contribution in [0.25, 0.3) is 0 Å². The van der Waals surface area contributed by atoms with Crippen molar-refractivity contribution < 1.29 is 18.7 Å². The van der Waals surface area contributed by atoms with Gasteiger partial charge in [-0.05, 0) is 25.8 Å². The highest BCUT2D eigenvalue weighted by molar-refractivity contribution is 5.76. The maximum absolute atomic E-state index is 12.3. The maximum atomic E-state index is 12.3. The third-order valence-corrected chi connectivity index (χ3v) is 3.20. The lowest BCUT2D eigenvalue weighted by molar-refractivity contribution is -0.134. The number of hydrogen-bond acceptors (Lipinski definition) is 3. The smallest absolute Gasteiger partial charge is 0.255 e. The molecule has 1 aliphatic heterocycles. The van der Waals surface area contributed by atoms with Gasteiger partial charge in [-0.15, -0.1) is 0 Å². The molecule has 1 amide bonds. The molecule has 1 rings (SSSR count). The summed E-state index contributed by atoms with van der Waals surface area (Å²) in [5.74, 6) is -0.295. The minimum absolute atomic E-state index is 0.0126. The Balaban J connectivity index is 2.30. The molecule has 1 fully saturated rings. The minimum Gasteiger partial charge on any atom is -0.395 e. The second-order valence-corrected chi connectivity index (χ2v) is 4.64. The molecule has 106 valence electrons. The van der Waals surface area contributed by atoms with Gasteiger partial charge in [0.15, 0.2) is 0 Å². The van der Waals surface area contributed by atoms with Crippen LogP contribution >= 0.6 is 0 Å². The standard InChI is InChI=1S/C12H22F2N2O2/c13-11(14)9-16(7-8-17)12(18)5-4-10-3-1-2-6-15-10/h10-11,15,17H,1-9H2. The summed E-state index contributed by atoms with van der Waals surface area (Å²) in [5, 5.41) is 12.1.